The molecule has 0 spiro atoms. The molecular formula is C16H19ClN8. The quantitative estimate of drug-likeness (QED) is 0.708. The Balaban J connectivity index is 1.49. The van der Waals surface area contributed by atoms with Crippen molar-refractivity contribution >= 4 is 29.1 Å². The van der Waals surface area contributed by atoms with Gasteiger partial charge in [-0.3, -0.25) is 0 Å². The summed E-state index contributed by atoms with van der Waals surface area (Å²) < 4.78 is 1.80. The van der Waals surface area contributed by atoms with Crippen molar-refractivity contribution in [2.24, 2.45) is 0 Å². The molecule has 25 heavy (non-hydrogen) atoms. The Labute approximate surface area is 150 Å². The zero-order chi connectivity index (χ0) is 17.4. The number of hydrogen-bond acceptors (Lipinski definition) is 7. The van der Waals surface area contributed by atoms with Crippen LogP contribution in [0.4, 0.5) is 11.8 Å². The van der Waals surface area contributed by atoms with Crippen LogP contribution in [0.1, 0.15) is 18.5 Å². The van der Waals surface area contributed by atoms with Gasteiger partial charge in [-0.1, -0.05) is 11.6 Å². The number of rotatable bonds is 3. The molecule has 4 heterocycles. The van der Waals surface area contributed by atoms with E-state index < -0.39 is 0 Å². The Morgan fingerprint density at radius 2 is 1.88 bits per heavy atom. The van der Waals surface area contributed by atoms with E-state index in [1.807, 2.05) is 14.0 Å². The molecule has 1 saturated heterocycles. The largest absolute Gasteiger partial charge is 0.356 e. The lowest BCUT2D eigenvalue weighted by Crippen LogP contribution is -2.44. The third kappa shape index (κ3) is 3.09. The predicted molar refractivity (Wildman–Crippen MR) is 96.2 cm³/mol. The van der Waals surface area contributed by atoms with Gasteiger partial charge in [-0.2, -0.15) is 14.6 Å². The van der Waals surface area contributed by atoms with Crippen molar-refractivity contribution in [1.29, 1.82) is 0 Å². The monoisotopic (exact) mass is 358 g/mol. The molecule has 0 unspecified atom stereocenters. The summed E-state index contributed by atoms with van der Waals surface area (Å²) in [5, 5.41) is 4.86. The zero-order valence-corrected chi connectivity index (χ0v) is 14.9. The Morgan fingerprint density at radius 1 is 1.16 bits per heavy atom. The number of fused-ring (bicyclic) bond motifs is 1. The van der Waals surface area contributed by atoms with Crippen LogP contribution >= 0.6 is 11.6 Å². The maximum Gasteiger partial charge on any atom is 0.254 e. The van der Waals surface area contributed by atoms with Gasteiger partial charge in [-0.15, -0.1) is 0 Å². The molecule has 9 heteroatoms. The molecule has 3 aromatic heterocycles. The van der Waals surface area contributed by atoms with E-state index >= 15 is 0 Å². The van der Waals surface area contributed by atoms with Gasteiger partial charge in [0.15, 0.2) is 0 Å². The standard InChI is InChI=1S/C16H19ClN8/c1-11-7-14(25-16(22-11)20-10-21-25)24-5-3-13(4-6-24)23(2)15-18-8-12(17)9-19-15/h7-10,13H,3-6H2,1-2H3. The highest BCUT2D eigenvalue weighted by molar-refractivity contribution is 6.30. The third-order valence-corrected chi connectivity index (χ3v) is 4.81. The van der Waals surface area contributed by atoms with Gasteiger partial charge in [0, 0.05) is 37.9 Å². The first-order chi connectivity index (χ1) is 12.1. The van der Waals surface area contributed by atoms with Crippen molar-refractivity contribution in [1.82, 2.24) is 29.5 Å². The van der Waals surface area contributed by atoms with Gasteiger partial charge < -0.3 is 9.80 Å². The average Bonchev–Trinajstić information content (AvgIpc) is 3.09. The van der Waals surface area contributed by atoms with Crippen molar-refractivity contribution in [3.8, 4) is 0 Å². The summed E-state index contributed by atoms with van der Waals surface area (Å²) in [6, 6.07) is 2.46. The Kier molecular flexibility index (Phi) is 4.12. The Bertz CT molecular complexity index is 869. The van der Waals surface area contributed by atoms with Crippen LogP contribution in [0.15, 0.2) is 24.8 Å². The van der Waals surface area contributed by atoms with Gasteiger partial charge in [0.1, 0.15) is 12.1 Å². The van der Waals surface area contributed by atoms with Crippen LogP contribution in [-0.4, -0.2) is 55.7 Å². The van der Waals surface area contributed by atoms with Crippen molar-refractivity contribution in [2.45, 2.75) is 25.8 Å². The van der Waals surface area contributed by atoms with E-state index in [0.29, 0.717) is 22.8 Å². The predicted octanol–water partition coefficient (Wildman–Crippen LogP) is 1.98. The van der Waals surface area contributed by atoms with Crippen LogP contribution in [-0.2, 0) is 0 Å². The van der Waals surface area contributed by atoms with Gasteiger partial charge in [-0.05, 0) is 19.8 Å². The molecule has 1 fully saturated rings. The molecule has 130 valence electrons. The maximum absolute atomic E-state index is 5.87. The van der Waals surface area contributed by atoms with Crippen LogP contribution < -0.4 is 9.80 Å². The maximum atomic E-state index is 5.87. The topological polar surface area (TPSA) is 75.3 Å². The molecule has 8 nitrogen and oxygen atoms in total. The third-order valence-electron chi connectivity index (χ3n) is 4.62. The van der Waals surface area contributed by atoms with Gasteiger partial charge in [-0.25, -0.2) is 15.0 Å². The van der Waals surface area contributed by atoms with Crippen LogP contribution in [0.3, 0.4) is 0 Å². The summed E-state index contributed by atoms with van der Waals surface area (Å²) in [6.45, 7) is 3.85. The van der Waals surface area contributed by atoms with Crippen LogP contribution in [0.5, 0.6) is 0 Å². The Morgan fingerprint density at radius 3 is 2.60 bits per heavy atom. The van der Waals surface area contributed by atoms with E-state index in [1.54, 1.807) is 23.2 Å². The minimum Gasteiger partial charge on any atom is -0.356 e. The molecule has 1 aliphatic rings. The summed E-state index contributed by atoms with van der Waals surface area (Å²) >= 11 is 5.87. The molecule has 0 amide bonds. The molecule has 4 rings (SSSR count). The first-order valence-electron chi connectivity index (χ1n) is 8.24. The normalized spacial score (nSPS) is 15.7. The molecule has 0 N–H and O–H groups in total. The number of nitrogens with zero attached hydrogens (tertiary/aromatic N) is 8. The fraction of sp³-hybridized carbons (Fsp3) is 0.438. The molecule has 0 radical (unpaired) electrons. The lowest BCUT2D eigenvalue weighted by Gasteiger charge is -2.37. The average molecular weight is 359 g/mol. The lowest BCUT2D eigenvalue weighted by molar-refractivity contribution is 0.473. The second kappa shape index (κ2) is 6.44. The van der Waals surface area contributed by atoms with Crippen LogP contribution in [0.25, 0.3) is 5.78 Å². The lowest BCUT2D eigenvalue weighted by atomic mass is 10.0. The van der Waals surface area contributed by atoms with E-state index in [9.17, 15) is 0 Å². The molecular weight excluding hydrogens is 340 g/mol. The molecule has 0 atom stereocenters. The first-order valence-corrected chi connectivity index (χ1v) is 8.62. The number of aryl methyl sites for hydroxylation is 1. The van der Waals surface area contributed by atoms with E-state index in [0.717, 1.165) is 37.4 Å². The van der Waals surface area contributed by atoms with Crippen molar-refractivity contribution < 1.29 is 0 Å². The van der Waals surface area contributed by atoms with E-state index in [2.05, 4.69) is 40.9 Å². The van der Waals surface area contributed by atoms with E-state index in [1.165, 1.54) is 0 Å². The number of hydrogen-bond donors (Lipinski definition) is 0. The van der Waals surface area contributed by atoms with E-state index in [4.69, 9.17) is 11.6 Å². The fourth-order valence-electron chi connectivity index (χ4n) is 3.27. The number of halogens is 1. The first kappa shape index (κ1) is 16.0. The summed E-state index contributed by atoms with van der Waals surface area (Å²) in [6.07, 6.45) is 6.84. The number of aromatic nitrogens is 6. The highest BCUT2D eigenvalue weighted by Crippen LogP contribution is 2.24. The van der Waals surface area contributed by atoms with Crippen LogP contribution in [0, 0.1) is 6.92 Å². The van der Waals surface area contributed by atoms with E-state index in [-0.39, 0.29) is 0 Å². The fourth-order valence-corrected chi connectivity index (χ4v) is 3.37. The highest BCUT2D eigenvalue weighted by Gasteiger charge is 2.25. The summed E-state index contributed by atoms with van der Waals surface area (Å²) in [7, 11) is 2.04. The van der Waals surface area contributed by atoms with Gasteiger partial charge in [0.25, 0.3) is 5.78 Å². The summed E-state index contributed by atoms with van der Waals surface area (Å²) in [4.78, 5) is 21.7. The second-order valence-corrected chi connectivity index (χ2v) is 6.69. The molecule has 1 aliphatic heterocycles. The van der Waals surface area contributed by atoms with Crippen molar-refractivity contribution in [2.75, 3.05) is 29.9 Å². The molecule has 0 aromatic carbocycles. The van der Waals surface area contributed by atoms with Crippen molar-refractivity contribution in [3.05, 3.63) is 35.5 Å². The SMILES string of the molecule is Cc1cc(N2CCC(N(C)c3ncc(Cl)cn3)CC2)n2ncnc2n1. The van der Waals surface area contributed by atoms with Gasteiger partial charge in [0.05, 0.1) is 17.4 Å². The van der Waals surface area contributed by atoms with Gasteiger partial charge >= 0.3 is 0 Å². The minimum absolute atomic E-state index is 0.395. The number of anilines is 2. The highest BCUT2D eigenvalue weighted by atomic mass is 35.5. The molecule has 0 saturated carbocycles. The van der Waals surface area contributed by atoms with Gasteiger partial charge in [0.2, 0.25) is 5.95 Å². The molecule has 3 aromatic rings. The summed E-state index contributed by atoms with van der Waals surface area (Å²) in [5.74, 6) is 2.40. The number of piperidine rings is 1. The smallest absolute Gasteiger partial charge is 0.254 e. The molecule has 0 bridgehead atoms. The summed E-state index contributed by atoms with van der Waals surface area (Å²) in [5.41, 5.74) is 0.948. The van der Waals surface area contributed by atoms with Crippen LogP contribution in [0.2, 0.25) is 5.02 Å². The molecule has 0 aliphatic carbocycles. The van der Waals surface area contributed by atoms with Crippen molar-refractivity contribution in [3.63, 3.8) is 0 Å². The second-order valence-electron chi connectivity index (χ2n) is 6.26. The minimum atomic E-state index is 0.395. The zero-order valence-electron chi connectivity index (χ0n) is 14.2. The Hall–Kier alpha value is -2.48.